The molecule has 0 radical (unpaired) electrons. The number of hydrogen-bond donors (Lipinski definition) is 4. The van der Waals surface area contributed by atoms with Gasteiger partial charge in [-0.15, -0.1) is 0 Å². The molecule has 0 saturated carbocycles. The zero-order valence-electron chi connectivity index (χ0n) is 10.4. The molecule has 1 heterocycles. The van der Waals surface area contributed by atoms with Gasteiger partial charge >= 0.3 is 0 Å². The number of rotatable bonds is 7. The molecular weight excluding hydrogens is 272 g/mol. The fraction of sp³-hybridized carbons (Fsp3) is 0.444. The lowest BCUT2D eigenvalue weighted by atomic mass is 10.4. The highest BCUT2D eigenvalue weighted by molar-refractivity contribution is 7.88. The van der Waals surface area contributed by atoms with E-state index in [1.165, 1.54) is 12.4 Å². The van der Waals surface area contributed by atoms with Gasteiger partial charge < -0.3 is 10.7 Å². The van der Waals surface area contributed by atoms with Gasteiger partial charge in [0.2, 0.25) is 10.0 Å². The Balaban J connectivity index is 2.31. The first-order valence-corrected chi connectivity index (χ1v) is 7.33. The third-order valence-electron chi connectivity index (χ3n) is 2.04. The second kappa shape index (κ2) is 6.97. The van der Waals surface area contributed by atoms with Crippen molar-refractivity contribution >= 4 is 21.7 Å². The van der Waals surface area contributed by atoms with Crippen LogP contribution in [0.5, 0.6) is 0 Å². The Morgan fingerprint density at radius 3 is 2.58 bits per heavy atom. The molecule has 1 amide bonds. The number of carbonyl (C=O) groups excluding carboxylic acids is 1. The molecule has 9 nitrogen and oxygen atoms in total. The van der Waals surface area contributed by atoms with E-state index in [4.69, 9.17) is 5.84 Å². The minimum atomic E-state index is -3.19. The van der Waals surface area contributed by atoms with Crippen molar-refractivity contribution in [3.63, 3.8) is 0 Å². The summed E-state index contributed by atoms with van der Waals surface area (Å²) < 4.78 is 23.9. The van der Waals surface area contributed by atoms with Crippen LogP contribution in [0, 0.1) is 0 Å². The summed E-state index contributed by atoms with van der Waals surface area (Å²) in [4.78, 5) is 19.3. The predicted octanol–water partition coefficient (Wildman–Crippen LogP) is -1.57. The van der Waals surface area contributed by atoms with Crippen LogP contribution in [-0.4, -0.2) is 43.6 Å². The van der Waals surface area contributed by atoms with E-state index >= 15 is 0 Å². The van der Waals surface area contributed by atoms with E-state index < -0.39 is 10.0 Å². The van der Waals surface area contributed by atoms with Crippen LogP contribution < -0.4 is 21.3 Å². The van der Waals surface area contributed by atoms with Gasteiger partial charge in [-0.2, -0.15) is 0 Å². The van der Waals surface area contributed by atoms with E-state index in [1.54, 1.807) is 0 Å². The molecule has 0 fully saturated rings. The number of sulfonamides is 1. The molecule has 0 spiro atoms. The van der Waals surface area contributed by atoms with Crippen molar-refractivity contribution in [3.8, 4) is 0 Å². The van der Waals surface area contributed by atoms with Crippen LogP contribution >= 0.6 is 0 Å². The molecule has 0 aliphatic rings. The number of carbonyl (C=O) groups is 1. The average molecular weight is 288 g/mol. The first-order valence-electron chi connectivity index (χ1n) is 5.44. The maximum atomic E-state index is 11.6. The van der Waals surface area contributed by atoms with Crippen LogP contribution in [0.1, 0.15) is 16.9 Å². The Hall–Kier alpha value is -1.78. The minimum Gasteiger partial charge on any atom is -0.351 e. The van der Waals surface area contributed by atoms with Crippen LogP contribution in [-0.2, 0) is 10.0 Å². The third-order valence-corrected chi connectivity index (χ3v) is 2.76. The smallest absolute Gasteiger partial charge is 0.271 e. The molecule has 19 heavy (non-hydrogen) atoms. The molecule has 106 valence electrons. The lowest BCUT2D eigenvalue weighted by molar-refractivity contribution is 0.0948. The quantitative estimate of drug-likeness (QED) is 0.270. The van der Waals surface area contributed by atoms with E-state index in [2.05, 4.69) is 25.4 Å². The molecule has 0 unspecified atom stereocenters. The van der Waals surface area contributed by atoms with Crippen molar-refractivity contribution in [3.05, 3.63) is 18.1 Å². The summed E-state index contributed by atoms with van der Waals surface area (Å²) in [6.45, 7) is 0.598. The summed E-state index contributed by atoms with van der Waals surface area (Å²) in [5.41, 5.74) is 2.46. The molecule has 0 atom stereocenters. The molecule has 0 aliphatic carbocycles. The van der Waals surface area contributed by atoms with Crippen molar-refractivity contribution < 1.29 is 13.2 Å². The van der Waals surface area contributed by atoms with Gasteiger partial charge in [-0.05, 0) is 6.42 Å². The molecule has 1 aromatic heterocycles. The van der Waals surface area contributed by atoms with E-state index in [-0.39, 0.29) is 18.1 Å². The van der Waals surface area contributed by atoms with Gasteiger partial charge in [-0.25, -0.2) is 29.0 Å². The number of anilines is 1. The van der Waals surface area contributed by atoms with E-state index in [9.17, 15) is 13.2 Å². The van der Waals surface area contributed by atoms with Gasteiger partial charge in [0.15, 0.2) is 5.82 Å². The molecule has 0 aliphatic heterocycles. The highest BCUT2D eigenvalue weighted by atomic mass is 32.2. The summed E-state index contributed by atoms with van der Waals surface area (Å²) >= 11 is 0. The SMILES string of the molecule is CS(=O)(=O)NCCCNC(=O)c1cnc(NN)cn1. The Bertz CT molecular complexity index is 515. The van der Waals surface area contributed by atoms with E-state index in [1.807, 2.05) is 0 Å². The van der Waals surface area contributed by atoms with Crippen LogP contribution in [0.15, 0.2) is 12.4 Å². The van der Waals surface area contributed by atoms with Crippen LogP contribution in [0.2, 0.25) is 0 Å². The second-order valence-corrected chi connectivity index (χ2v) is 5.54. The van der Waals surface area contributed by atoms with Gasteiger partial charge in [0.05, 0.1) is 18.6 Å². The van der Waals surface area contributed by atoms with Crippen LogP contribution in [0.4, 0.5) is 5.82 Å². The number of nitrogen functional groups attached to an aromatic ring is 1. The highest BCUT2D eigenvalue weighted by Crippen LogP contribution is 1.98. The minimum absolute atomic E-state index is 0.162. The van der Waals surface area contributed by atoms with Crippen molar-refractivity contribution in [2.45, 2.75) is 6.42 Å². The number of nitrogens with zero attached hydrogens (tertiary/aromatic N) is 2. The van der Waals surface area contributed by atoms with Crippen molar-refractivity contribution in [1.29, 1.82) is 0 Å². The zero-order valence-corrected chi connectivity index (χ0v) is 11.2. The van der Waals surface area contributed by atoms with Crippen molar-refractivity contribution in [1.82, 2.24) is 20.0 Å². The van der Waals surface area contributed by atoms with Gasteiger partial charge in [0, 0.05) is 13.1 Å². The molecule has 5 N–H and O–H groups in total. The van der Waals surface area contributed by atoms with Gasteiger partial charge in [0.25, 0.3) is 5.91 Å². The van der Waals surface area contributed by atoms with E-state index in [0.717, 1.165) is 6.26 Å². The zero-order chi connectivity index (χ0) is 14.3. The van der Waals surface area contributed by atoms with Crippen molar-refractivity contribution in [2.24, 2.45) is 5.84 Å². The normalized spacial score (nSPS) is 11.1. The molecule has 0 saturated heterocycles. The summed E-state index contributed by atoms with van der Waals surface area (Å²) in [5, 5.41) is 2.59. The molecule has 0 aromatic carbocycles. The first-order chi connectivity index (χ1) is 8.92. The summed E-state index contributed by atoms with van der Waals surface area (Å²) in [7, 11) is -3.19. The van der Waals surface area contributed by atoms with Gasteiger partial charge in [-0.3, -0.25) is 4.79 Å². The topological polar surface area (TPSA) is 139 Å². The summed E-state index contributed by atoms with van der Waals surface area (Å²) in [6.07, 6.45) is 4.18. The maximum Gasteiger partial charge on any atom is 0.271 e. The molecular formula is C9H16N6O3S. The Morgan fingerprint density at radius 1 is 1.32 bits per heavy atom. The van der Waals surface area contributed by atoms with Crippen LogP contribution in [0.3, 0.4) is 0 Å². The number of nitrogens with one attached hydrogen (secondary N) is 3. The lowest BCUT2D eigenvalue weighted by Crippen LogP contribution is -2.29. The monoisotopic (exact) mass is 288 g/mol. The fourth-order valence-electron chi connectivity index (χ4n) is 1.16. The number of aromatic nitrogens is 2. The number of hydrazine groups is 1. The average Bonchev–Trinajstić information content (AvgIpc) is 2.37. The third kappa shape index (κ3) is 6.08. The van der Waals surface area contributed by atoms with Gasteiger partial charge in [-0.1, -0.05) is 0 Å². The highest BCUT2D eigenvalue weighted by Gasteiger charge is 2.07. The predicted molar refractivity (Wildman–Crippen MR) is 69.6 cm³/mol. The number of hydrogen-bond acceptors (Lipinski definition) is 7. The molecule has 10 heteroatoms. The number of amides is 1. The van der Waals surface area contributed by atoms with Crippen molar-refractivity contribution in [2.75, 3.05) is 24.8 Å². The second-order valence-electron chi connectivity index (χ2n) is 3.71. The first kappa shape index (κ1) is 15.3. The molecule has 1 rings (SSSR count). The van der Waals surface area contributed by atoms with Crippen LogP contribution in [0.25, 0.3) is 0 Å². The lowest BCUT2D eigenvalue weighted by Gasteiger charge is -2.05. The summed E-state index contributed by atoms with van der Waals surface area (Å²) in [5.74, 6) is 5.09. The largest absolute Gasteiger partial charge is 0.351 e. The Kier molecular flexibility index (Phi) is 5.60. The summed E-state index contributed by atoms with van der Waals surface area (Å²) in [6, 6.07) is 0. The maximum absolute atomic E-state index is 11.6. The number of nitrogens with two attached hydrogens (primary N) is 1. The fourth-order valence-corrected chi connectivity index (χ4v) is 1.67. The molecule has 1 aromatic rings. The molecule has 0 bridgehead atoms. The Labute approximate surface area is 111 Å². The standard InChI is InChI=1S/C9H16N6O3S/c1-19(17,18)14-4-2-3-11-9(16)7-5-13-8(15-10)6-12-7/h5-6,14H,2-4,10H2,1H3,(H,11,16)(H,13,15). The van der Waals surface area contributed by atoms with E-state index in [0.29, 0.717) is 18.8 Å². The van der Waals surface area contributed by atoms with Gasteiger partial charge in [0.1, 0.15) is 5.69 Å². The Morgan fingerprint density at radius 2 is 2.05 bits per heavy atom.